The van der Waals surface area contributed by atoms with Gasteiger partial charge in [0, 0.05) is 59.9 Å². The molecule has 158 valence electrons. The SMILES string of the molecule is CN=C(Cc1ccccc1)C1C(=N)CCc2cnc(Nc3cccc4cnccc34)nc21. The molecule has 6 nitrogen and oxygen atoms in total. The first-order valence-electron chi connectivity index (χ1n) is 10.8. The Morgan fingerprint density at radius 1 is 1.06 bits per heavy atom. The monoisotopic (exact) mass is 420 g/mol. The summed E-state index contributed by atoms with van der Waals surface area (Å²) < 4.78 is 0. The molecule has 0 spiro atoms. The van der Waals surface area contributed by atoms with Crippen molar-refractivity contribution in [3.8, 4) is 0 Å². The van der Waals surface area contributed by atoms with Crippen LogP contribution in [0.2, 0.25) is 0 Å². The highest BCUT2D eigenvalue weighted by Gasteiger charge is 2.31. The molecule has 0 saturated heterocycles. The number of aryl methyl sites for hydroxylation is 1. The molecule has 0 bridgehead atoms. The van der Waals surface area contributed by atoms with E-state index in [2.05, 4.69) is 32.4 Å². The highest BCUT2D eigenvalue weighted by atomic mass is 15.1. The van der Waals surface area contributed by atoms with Crippen molar-refractivity contribution in [2.24, 2.45) is 4.99 Å². The number of hydrogen-bond donors (Lipinski definition) is 2. The number of aromatic nitrogens is 3. The first-order valence-corrected chi connectivity index (χ1v) is 10.8. The van der Waals surface area contributed by atoms with Gasteiger partial charge in [-0.25, -0.2) is 9.97 Å². The van der Waals surface area contributed by atoms with E-state index in [0.29, 0.717) is 24.5 Å². The van der Waals surface area contributed by atoms with Crippen molar-refractivity contribution < 1.29 is 0 Å². The summed E-state index contributed by atoms with van der Waals surface area (Å²) in [5.41, 5.74) is 5.72. The van der Waals surface area contributed by atoms with Crippen molar-refractivity contribution in [2.75, 3.05) is 12.4 Å². The van der Waals surface area contributed by atoms with Gasteiger partial charge in [-0.15, -0.1) is 0 Å². The van der Waals surface area contributed by atoms with Gasteiger partial charge in [0.15, 0.2) is 0 Å². The van der Waals surface area contributed by atoms with E-state index in [-0.39, 0.29) is 5.92 Å². The van der Waals surface area contributed by atoms with Crippen molar-refractivity contribution in [3.05, 3.63) is 90.0 Å². The molecule has 5 rings (SSSR count). The molecule has 1 unspecified atom stereocenters. The zero-order valence-electron chi connectivity index (χ0n) is 17.9. The zero-order chi connectivity index (χ0) is 21.9. The van der Waals surface area contributed by atoms with E-state index >= 15 is 0 Å². The van der Waals surface area contributed by atoms with Gasteiger partial charge in [0.25, 0.3) is 0 Å². The molecule has 2 heterocycles. The Kier molecular flexibility index (Phi) is 5.42. The molecule has 2 N–H and O–H groups in total. The minimum absolute atomic E-state index is 0.218. The first-order chi connectivity index (χ1) is 15.7. The largest absolute Gasteiger partial charge is 0.324 e. The van der Waals surface area contributed by atoms with Crippen LogP contribution in [-0.2, 0) is 12.8 Å². The van der Waals surface area contributed by atoms with E-state index in [9.17, 15) is 0 Å². The molecule has 0 aliphatic heterocycles. The molecule has 0 amide bonds. The molecule has 2 aromatic carbocycles. The lowest BCUT2D eigenvalue weighted by atomic mass is 9.80. The number of rotatable bonds is 5. The van der Waals surface area contributed by atoms with Crippen molar-refractivity contribution in [3.63, 3.8) is 0 Å². The number of pyridine rings is 1. The lowest BCUT2D eigenvalue weighted by Crippen LogP contribution is -2.30. The van der Waals surface area contributed by atoms with Crippen LogP contribution in [-0.4, -0.2) is 33.4 Å². The number of aliphatic imine (C=N–C) groups is 1. The van der Waals surface area contributed by atoms with Crippen molar-refractivity contribution in [1.82, 2.24) is 15.0 Å². The summed E-state index contributed by atoms with van der Waals surface area (Å²) in [4.78, 5) is 18.3. The van der Waals surface area contributed by atoms with E-state index in [1.54, 1.807) is 6.20 Å². The minimum Gasteiger partial charge on any atom is -0.324 e. The Morgan fingerprint density at radius 2 is 1.94 bits per heavy atom. The van der Waals surface area contributed by atoms with E-state index < -0.39 is 0 Å². The van der Waals surface area contributed by atoms with Gasteiger partial charge in [-0.1, -0.05) is 42.5 Å². The molecule has 4 aromatic rings. The van der Waals surface area contributed by atoms with Gasteiger partial charge in [0.05, 0.1) is 11.6 Å². The molecule has 6 heteroatoms. The Morgan fingerprint density at radius 3 is 2.78 bits per heavy atom. The minimum atomic E-state index is -0.218. The summed E-state index contributed by atoms with van der Waals surface area (Å²) in [6, 6.07) is 18.3. The zero-order valence-corrected chi connectivity index (χ0v) is 17.9. The topological polar surface area (TPSA) is 86.9 Å². The number of benzene rings is 2. The highest BCUT2D eigenvalue weighted by molar-refractivity contribution is 6.12. The van der Waals surface area contributed by atoms with E-state index in [1.807, 2.05) is 61.9 Å². The molecule has 1 aliphatic carbocycles. The van der Waals surface area contributed by atoms with E-state index in [0.717, 1.165) is 39.8 Å². The molecular formula is C26H24N6. The Balaban J connectivity index is 1.50. The van der Waals surface area contributed by atoms with Crippen LogP contribution in [0.15, 0.2) is 78.2 Å². The predicted molar refractivity (Wildman–Crippen MR) is 129 cm³/mol. The second-order valence-electron chi connectivity index (χ2n) is 7.97. The van der Waals surface area contributed by atoms with Crippen LogP contribution in [0.1, 0.15) is 29.2 Å². The first kappa shape index (κ1) is 20.0. The summed E-state index contributed by atoms with van der Waals surface area (Å²) in [6.45, 7) is 0. The Labute approximate surface area is 187 Å². The standard InChI is InChI=1S/C26H24N6/c1-28-23(14-17-6-3-2-4-7-17)24-21(27)11-10-19-16-30-26(32-25(19)24)31-22-9-5-8-18-15-29-13-12-20(18)22/h2-9,12-13,15-16,24,27H,10-11,14H2,1H3,(H,30,31,32). The van der Waals surface area contributed by atoms with Gasteiger partial charge in [-0.05, 0) is 36.1 Å². The third-order valence-electron chi connectivity index (χ3n) is 5.96. The van der Waals surface area contributed by atoms with Crippen LogP contribution >= 0.6 is 0 Å². The molecule has 1 atom stereocenters. The Bertz CT molecular complexity index is 1310. The van der Waals surface area contributed by atoms with Crippen molar-refractivity contribution in [2.45, 2.75) is 25.2 Å². The van der Waals surface area contributed by atoms with Gasteiger partial charge in [0.2, 0.25) is 5.95 Å². The fraction of sp³-hybridized carbons (Fsp3) is 0.192. The fourth-order valence-corrected chi connectivity index (χ4v) is 4.33. The molecule has 0 radical (unpaired) electrons. The van der Waals surface area contributed by atoms with Crippen LogP contribution in [0.5, 0.6) is 0 Å². The van der Waals surface area contributed by atoms with Crippen LogP contribution in [0.4, 0.5) is 11.6 Å². The molecule has 0 fully saturated rings. The second kappa shape index (κ2) is 8.67. The lowest BCUT2D eigenvalue weighted by Gasteiger charge is -2.27. The number of nitrogens with zero attached hydrogens (tertiary/aromatic N) is 4. The van der Waals surface area contributed by atoms with Gasteiger partial charge < -0.3 is 10.7 Å². The van der Waals surface area contributed by atoms with Gasteiger partial charge in [-0.3, -0.25) is 9.98 Å². The summed E-state index contributed by atoms with van der Waals surface area (Å²) >= 11 is 0. The molecule has 1 aliphatic rings. The van der Waals surface area contributed by atoms with E-state index in [4.69, 9.17) is 10.4 Å². The second-order valence-corrected chi connectivity index (χ2v) is 7.97. The smallest absolute Gasteiger partial charge is 0.227 e. The molecule has 2 aromatic heterocycles. The maximum Gasteiger partial charge on any atom is 0.227 e. The van der Waals surface area contributed by atoms with Gasteiger partial charge in [0.1, 0.15) is 0 Å². The maximum atomic E-state index is 8.71. The fourth-order valence-electron chi connectivity index (χ4n) is 4.33. The summed E-state index contributed by atoms with van der Waals surface area (Å²) in [7, 11) is 1.81. The lowest BCUT2D eigenvalue weighted by molar-refractivity contribution is 0.847. The number of nitrogens with one attached hydrogen (secondary N) is 2. The van der Waals surface area contributed by atoms with Crippen LogP contribution < -0.4 is 5.32 Å². The van der Waals surface area contributed by atoms with Gasteiger partial charge in [-0.2, -0.15) is 0 Å². The average molecular weight is 421 g/mol. The van der Waals surface area contributed by atoms with Crippen LogP contribution in [0.25, 0.3) is 10.8 Å². The maximum absolute atomic E-state index is 8.71. The Hall–Kier alpha value is -3.93. The third-order valence-corrected chi connectivity index (χ3v) is 5.96. The van der Waals surface area contributed by atoms with Crippen molar-refractivity contribution >= 4 is 33.8 Å². The quantitative estimate of drug-likeness (QED) is 0.438. The number of anilines is 2. The van der Waals surface area contributed by atoms with Crippen LogP contribution in [0.3, 0.4) is 0 Å². The van der Waals surface area contributed by atoms with Crippen LogP contribution in [0, 0.1) is 5.41 Å². The highest BCUT2D eigenvalue weighted by Crippen LogP contribution is 2.32. The van der Waals surface area contributed by atoms with Crippen molar-refractivity contribution in [1.29, 1.82) is 5.41 Å². The number of hydrogen-bond acceptors (Lipinski definition) is 6. The molecule has 0 saturated carbocycles. The molecular weight excluding hydrogens is 396 g/mol. The average Bonchev–Trinajstić information content (AvgIpc) is 2.84. The van der Waals surface area contributed by atoms with E-state index in [1.165, 1.54) is 5.56 Å². The third kappa shape index (κ3) is 3.87. The summed E-state index contributed by atoms with van der Waals surface area (Å²) in [5, 5.41) is 14.2. The molecule has 32 heavy (non-hydrogen) atoms. The number of fused-ring (bicyclic) bond motifs is 2. The normalized spacial score (nSPS) is 16.1. The van der Waals surface area contributed by atoms with Gasteiger partial charge >= 0.3 is 0 Å². The summed E-state index contributed by atoms with van der Waals surface area (Å²) in [6.07, 6.45) is 7.72. The predicted octanol–water partition coefficient (Wildman–Crippen LogP) is 5.13. The summed E-state index contributed by atoms with van der Waals surface area (Å²) in [5.74, 6) is 0.312.